The van der Waals surface area contributed by atoms with Gasteiger partial charge in [0.05, 0.1) is 25.9 Å². The van der Waals surface area contributed by atoms with Crippen molar-refractivity contribution in [1.29, 1.82) is 0 Å². The number of carbonyl (C=O) groups is 1. The van der Waals surface area contributed by atoms with Gasteiger partial charge in [0.2, 0.25) is 0 Å². The summed E-state index contributed by atoms with van der Waals surface area (Å²) in [5.74, 6) is -0.318. The first-order chi connectivity index (χ1) is 8.21. The van der Waals surface area contributed by atoms with Gasteiger partial charge >= 0.3 is 0 Å². The van der Waals surface area contributed by atoms with Gasteiger partial charge in [-0.1, -0.05) is 12.1 Å². The third kappa shape index (κ3) is 4.14. The van der Waals surface area contributed by atoms with Crippen molar-refractivity contribution in [1.82, 2.24) is 5.32 Å². The van der Waals surface area contributed by atoms with Crippen LogP contribution in [0.15, 0.2) is 24.3 Å². The van der Waals surface area contributed by atoms with E-state index in [1.807, 2.05) is 0 Å². The van der Waals surface area contributed by atoms with Crippen LogP contribution in [0.2, 0.25) is 0 Å². The molecule has 94 valence electrons. The fourth-order valence-electron chi connectivity index (χ4n) is 1.34. The number of hydrogen-bond donors (Lipinski definition) is 3. The summed E-state index contributed by atoms with van der Waals surface area (Å²) in [4.78, 5) is 11.7. The Balaban J connectivity index is 2.63. The fraction of sp³-hybridized carbons (Fsp3) is 0.417. The second kappa shape index (κ2) is 7.01. The topological polar surface area (TPSA) is 78.8 Å². The van der Waals surface area contributed by atoms with E-state index in [9.17, 15) is 4.79 Å². The summed E-state index contributed by atoms with van der Waals surface area (Å²) < 4.78 is 4.96. The molecular formula is C12H17NO4. The van der Waals surface area contributed by atoms with Crippen LogP contribution in [-0.4, -0.2) is 42.5 Å². The van der Waals surface area contributed by atoms with Crippen LogP contribution in [0.25, 0.3) is 0 Å². The number of nitrogens with one attached hydrogen (secondary N) is 1. The van der Waals surface area contributed by atoms with Gasteiger partial charge < -0.3 is 20.3 Å². The Morgan fingerprint density at radius 1 is 1.29 bits per heavy atom. The van der Waals surface area contributed by atoms with E-state index in [0.717, 1.165) is 5.56 Å². The van der Waals surface area contributed by atoms with Crippen LogP contribution in [0, 0.1) is 0 Å². The number of aliphatic hydroxyl groups excluding tert-OH is 2. The van der Waals surface area contributed by atoms with Gasteiger partial charge in [-0.25, -0.2) is 0 Å². The number of benzene rings is 1. The second-order valence-electron chi connectivity index (χ2n) is 3.67. The normalized spacial score (nSPS) is 10.6. The number of carbonyl (C=O) groups excluding carboxylic acids is 1. The second-order valence-corrected chi connectivity index (χ2v) is 3.67. The molecule has 0 radical (unpaired) electrons. The highest BCUT2D eigenvalue weighted by atomic mass is 16.5. The van der Waals surface area contributed by atoms with Crippen molar-refractivity contribution in [2.45, 2.75) is 12.6 Å². The molecule has 1 amide bonds. The molecule has 0 saturated heterocycles. The summed E-state index contributed by atoms with van der Waals surface area (Å²) in [6.07, 6.45) is 0. The third-order valence-corrected chi connectivity index (χ3v) is 2.30. The summed E-state index contributed by atoms with van der Waals surface area (Å²) in [5, 5.41) is 20.2. The lowest BCUT2D eigenvalue weighted by atomic mass is 10.1. The van der Waals surface area contributed by atoms with Crippen LogP contribution in [0.5, 0.6) is 0 Å². The van der Waals surface area contributed by atoms with Crippen LogP contribution < -0.4 is 5.32 Å². The van der Waals surface area contributed by atoms with Gasteiger partial charge in [0.1, 0.15) is 0 Å². The average molecular weight is 239 g/mol. The minimum atomic E-state index is -0.624. The van der Waals surface area contributed by atoms with Crippen molar-refractivity contribution >= 4 is 5.91 Å². The molecule has 1 aromatic carbocycles. The van der Waals surface area contributed by atoms with E-state index in [1.165, 1.54) is 0 Å². The summed E-state index contributed by atoms with van der Waals surface area (Å²) >= 11 is 0. The number of amides is 1. The average Bonchev–Trinajstić information content (AvgIpc) is 2.37. The molecule has 17 heavy (non-hydrogen) atoms. The standard InChI is InChI=1S/C12H17NO4/c1-17-8-9-2-4-10(5-3-9)12(16)13-11(6-14)7-15/h2-5,11,14-15H,6-8H2,1H3,(H,13,16). The summed E-state index contributed by atoms with van der Waals surface area (Å²) in [5.41, 5.74) is 1.46. The molecule has 1 aromatic rings. The maximum absolute atomic E-state index is 11.7. The van der Waals surface area contributed by atoms with Gasteiger partial charge in [-0.3, -0.25) is 4.79 Å². The number of rotatable bonds is 6. The molecule has 0 heterocycles. The molecule has 0 aromatic heterocycles. The number of methoxy groups -OCH3 is 1. The van der Waals surface area contributed by atoms with E-state index < -0.39 is 6.04 Å². The summed E-state index contributed by atoms with van der Waals surface area (Å²) in [7, 11) is 1.60. The van der Waals surface area contributed by atoms with E-state index in [0.29, 0.717) is 12.2 Å². The third-order valence-electron chi connectivity index (χ3n) is 2.30. The van der Waals surface area contributed by atoms with Crippen LogP contribution in [0.1, 0.15) is 15.9 Å². The molecule has 0 aliphatic rings. The predicted octanol–water partition coefficient (Wildman–Crippen LogP) is -0.0840. The van der Waals surface area contributed by atoms with Crippen molar-refractivity contribution in [3.05, 3.63) is 35.4 Å². The van der Waals surface area contributed by atoms with Gasteiger partial charge in [-0.05, 0) is 17.7 Å². The maximum Gasteiger partial charge on any atom is 0.251 e. The Morgan fingerprint density at radius 3 is 2.35 bits per heavy atom. The molecule has 1 rings (SSSR count). The first-order valence-electron chi connectivity index (χ1n) is 5.31. The van der Waals surface area contributed by atoms with Gasteiger partial charge in [0.15, 0.2) is 0 Å². The Morgan fingerprint density at radius 2 is 1.88 bits per heavy atom. The summed E-state index contributed by atoms with van der Waals surface area (Å²) in [6, 6.07) is 6.32. The van der Waals surface area contributed by atoms with Crippen molar-refractivity contribution in [3.63, 3.8) is 0 Å². The SMILES string of the molecule is COCc1ccc(C(=O)NC(CO)CO)cc1. The zero-order valence-corrected chi connectivity index (χ0v) is 9.72. The molecule has 0 aliphatic carbocycles. The van der Waals surface area contributed by atoms with E-state index >= 15 is 0 Å². The Kier molecular flexibility index (Phi) is 5.62. The van der Waals surface area contributed by atoms with Gasteiger partial charge in [-0.2, -0.15) is 0 Å². The molecule has 3 N–H and O–H groups in total. The van der Waals surface area contributed by atoms with E-state index in [1.54, 1.807) is 31.4 Å². The van der Waals surface area contributed by atoms with Crippen LogP contribution in [0.3, 0.4) is 0 Å². The van der Waals surface area contributed by atoms with Gasteiger partial charge in [0.25, 0.3) is 5.91 Å². The zero-order valence-electron chi connectivity index (χ0n) is 9.72. The number of aliphatic hydroxyl groups is 2. The summed E-state index contributed by atoms with van der Waals surface area (Å²) in [6.45, 7) is -0.0776. The molecule has 0 spiro atoms. The molecule has 0 unspecified atom stereocenters. The van der Waals surface area contributed by atoms with Crippen molar-refractivity contribution in [2.75, 3.05) is 20.3 Å². The van der Waals surface area contributed by atoms with E-state index in [4.69, 9.17) is 14.9 Å². The van der Waals surface area contributed by atoms with Crippen molar-refractivity contribution in [3.8, 4) is 0 Å². The molecule has 5 nitrogen and oxygen atoms in total. The molecule has 5 heteroatoms. The minimum Gasteiger partial charge on any atom is -0.394 e. The zero-order chi connectivity index (χ0) is 12.7. The first kappa shape index (κ1) is 13.6. The number of ether oxygens (including phenoxy) is 1. The quantitative estimate of drug-likeness (QED) is 0.648. The van der Waals surface area contributed by atoms with E-state index in [2.05, 4.69) is 5.32 Å². The highest BCUT2D eigenvalue weighted by Gasteiger charge is 2.11. The highest BCUT2D eigenvalue weighted by molar-refractivity contribution is 5.94. The molecule has 0 bridgehead atoms. The highest BCUT2D eigenvalue weighted by Crippen LogP contribution is 2.05. The molecule has 0 atom stereocenters. The van der Waals surface area contributed by atoms with Gasteiger partial charge in [-0.15, -0.1) is 0 Å². The van der Waals surface area contributed by atoms with Crippen molar-refractivity contribution in [2.24, 2.45) is 0 Å². The maximum atomic E-state index is 11.7. The van der Waals surface area contributed by atoms with Crippen molar-refractivity contribution < 1.29 is 19.7 Å². The lowest BCUT2D eigenvalue weighted by Crippen LogP contribution is -2.40. The van der Waals surface area contributed by atoms with Crippen LogP contribution in [0.4, 0.5) is 0 Å². The Bertz CT molecular complexity index is 346. The van der Waals surface area contributed by atoms with Crippen LogP contribution in [-0.2, 0) is 11.3 Å². The largest absolute Gasteiger partial charge is 0.394 e. The molecule has 0 saturated carbocycles. The molecule has 0 aliphatic heterocycles. The Labute approximate surface area is 100 Å². The van der Waals surface area contributed by atoms with Gasteiger partial charge in [0, 0.05) is 12.7 Å². The smallest absolute Gasteiger partial charge is 0.251 e. The van der Waals surface area contributed by atoms with E-state index in [-0.39, 0.29) is 19.1 Å². The number of hydrogen-bond acceptors (Lipinski definition) is 4. The molecular weight excluding hydrogens is 222 g/mol. The fourth-order valence-corrected chi connectivity index (χ4v) is 1.34. The predicted molar refractivity (Wildman–Crippen MR) is 62.6 cm³/mol. The lowest BCUT2D eigenvalue weighted by molar-refractivity contribution is 0.0879. The lowest BCUT2D eigenvalue weighted by Gasteiger charge is -2.13. The molecule has 0 fully saturated rings. The monoisotopic (exact) mass is 239 g/mol. The minimum absolute atomic E-state index is 0.288. The Hall–Kier alpha value is -1.43. The first-order valence-corrected chi connectivity index (χ1v) is 5.31. The van der Waals surface area contributed by atoms with Crippen LogP contribution >= 0.6 is 0 Å².